The Morgan fingerprint density at radius 2 is 2.11 bits per heavy atom. The standard InChI is InChI=1S/C17H17N5O3S2/c1-3-9-26-16-21-20-14(27-16)18-12(23)10-22-13(24)17(2,19-15(22)25)11-7-5-4-6-8-11/h3-8H,1,9-10H2,2H3,(H,19,25)(H,18,20,23)/t17-/m0/s1. The number of imide groups is 1. The van der Waals surface area contributed by atoms with E-state index in [9.17, 15) is 14.4 Å². The van der Waals surface area contributed by atoms with E-state index in [0.29, 0.717) is 20.8 Å². The summed E-state index contributed by atoms with van der Waals surface area (Å²) >= 11 is 2.66. The second kappa shape index (κ2) is 7.89. The van der Waals surface area contributed by atoms with Crippen molar-refractivity contribution in [2.75, 3.05) is 17.6 Å². The zero-order chi connectivity index (χ0) is 19.4. The predicted octanol–water partition coefficient (Wildman–Crippen LogP) is 2.22. The molecule has 4 amide bonds. The lowest BCUT2D eigenvalue weighted by Crippen LogP contribution is -2.42. The van der Waals surface area contributed by atoms with Gasteiger partial charge in [-0.1, -0.05) is 59.5 Å². The Morgan fingerprint density at radius 3 is 2.81 bits per heavy atom. The van der Waals surface area contributed by atoms with E-state index in [4.69, 9.17) is 0 Å². The average Bonchev–Trinajstić information content (AvgIpc) is 3.19. The van der Waals surface area contributed by atoms with Gasteiger partial charge >= 0.3 is 6.03 Å². The van der Waals surface area contributed by atoms with Gasteiger partial charge in [0.05, 0.1) is 0 Å². The van der Waals surface area contributed by atoms with Gasteiger partial charge in [-0.2, -0.15) is 0 Å². The van der Waals surface area contributed by atoms with Crippen molar-refractivity contribution < 1.29 is 14.4 Å². The Balaban J connectivity index is 1.66. The van der Waals surface area contributed by atoms with Crippen molar-refractivity contribution in [2.24, 2.45) is 0 Å². The SMILES string of the molecule is C=CCSc1nnc(NC(=O)CN2C(=O)N[C@@](C)(c3ccccc3)C2=O)s1. The number of carbonyl (C=O) groups is 3. The second-order valence-corrected chi connectivity index (χ2v) is 8.08. The molecule has 2 heterocycles. The highest BCUT2D eigenvalue weighted by Gasteiger charge is 2.49. The van der Waals surface area contributed by atoms with Gasteiger partial charge < -0.3 is 5.32 Å². The molecule has 10 heteroatoms. The molecule has 1 aliphatic heterocycles. The zero-order valence-electron chi connectivity index (χ0n) is 14.5. The normalized spacial score (nSPS) is 19.1. The lowest BCUT2D eigenvalue weighted by atomic mass is 9.92. The minimum absolute atomic E-state index is 0.310. The van der Waals surface area contributed by atoms with Crippen LogP contribution in [0.15, 0.2) is 47.3 Å². The van der Waals surface area contributed by atoms with Gasteiger partial charge in [-0.25, -0.2) is 4.79 Å². The van der Waals surface area contributed by atoms with Crippen LogP contribution in [0.2, 0.25) is 0 Å². The Labute approximate surface area is 164 Å². The van der Waals surface area contributed by atoms with E-state index in [1.165, 1.54) is 23.1 Å². The number of hydrogen-bond acceptors (Lipinski definition) is 7. The molecular formula is C17H17N5O3S2. The highest BCUT2D eigenvalue weighted by Crippen LogP contribution is 2.29. The molecule has 0 spiro atoms. The van der Waals surface area contributed by atoms with Crippen molar-refractivity contribution in [3.63, 3.8) is 0 Å². The van der Waals surface area contributed by atoms with Crippen LogP contribution < -0.4 is 10.6 Å². The lowest BCUT2D eigenvalue weighted by molar-refractivity contribution is -0.133. The van der Waals surface area contributed by atoms with Crippen molar-refractivity contribution in [2.45, 2.75) is 16.8 Å². The van der Waals surface area contributed by atoms with Crippen LogP contribution in [0.25, 0.3) is 0 Å². The van der Waals surface area contributed by atoms with E-state index in [1.807, 2.05) is 6.07 Å². The summed E-state index contributed by atoms with van der Waals surface area (Å²) in [7, 11) is 0. The third kappa shape index (κ3) is 4.01. The van der Waals surface area contributed by atoms with E-state index in [2.05, 4.69) is 27.4 Å². The zero-order valence-corrected chi connectivity index (χ0v) is 16.1. The molecule has 1 fully saturated rings. The van der Waals surface area contributed by atoms with Gasteiger partial charge in [0, 0.05) is 5.75 Å². The molecule has 1 aromatic carbocycles. The number of thioether (sulfide) groups is 1. The largest absolute Gasteiger partial charge is 0.325 e. The maximum Gasteiger partial charge on any atom is 0.325 e. The number of amides is 4. The Morgan fingerprint density at radius 1 is 1.37 bits per heavy atom. The predicted molar refractivity (Wildman–Crippen MR) is 103 cm³/mol. The van der Waals surface area contributed by atoms with Gasteiger partial charge in [0.2, 0.25) is 11.0 Å². The molecule has 1 saturated heterocycles. The maximum absolute atomic E-state index is 12.8. The van der Waals surface area contributed by atoms with Crippen LogP contribution >= 0.6 is 23.1 Å². The molecule has 0 radical (unpaired) electrons. The molecule has 140 valence electrons. The number of aromatic nitrogens is 2. The van der Waals surface area contributed by atoms with Crippen LogP contribution in [0.3, 0.4) is 0 Å². The quantitative estimate of drug-likeness (QED) is 0.318. The van der Waals surface area contributed by atoms with Crippen LogP contribution in [-0.2, 0) is 15.1 Å². The van der Waals surface area contributed by atoms with Gasteiger partial charge in [-0.05, 0) is 12.5 Å². The third-order valence-corrected chi connectivity index (χ3v) is 5.87. The number of hydrogen-bond donors (Lipinski definition) is 2. The molecule has 1 aliphatic rings. The summed E-state index contributed by atoms with van der Waals surface area (Å²) in [5.74, 6) is -0.316. The maximum atomic E-state index is 12.8. The molecule has 0 bridgehead atoms. The van der Waals surface area contributed by atoms with E-state index in [1.54, 1.807) is 37.3 Å². The van der Waals surface area contributed by atoms with Crippen molar-refractivity contribution in [1.29, 1.82) is 0 Å². The van der Waals surface area contributed by atoms with E-state index in [0.717, 1.165) is 4.90 Å². The van der Waals surface area contributed by atoms with Crippen LogP contribution in [0, 0.1) is 0 Å². The van der Waals surface area contributed by atoms with Crippen LogP contribution in [-0.4, -0.2) is 45.2 Å². The van der Waals surface area contributed by atoms with Gasteiger partial charge in [-0.3, -0.25) is 19.8 Å². The molecule has 2 N–H and O–H groups in total. The minimum Gasteiger partial charge on any atom is -0.319 e. The molecule has 3 rings (SSSR count). The number of anilines is 1. The number of nitrogens with one attached hydrogen (secondary N) is 2. The molecule has 8 nitrogen and oxygen atoms in total. The first kappa shape index (κ1) is 19.1. The topological polar surface area (TPSA) is 104 Å². The first-order chi connectivity index (χ1) is 12.9. The molecule has 1 aromatic heterocycles. The number of nitrogens with zero attached hydrogens (tertiary/aromatic N) is 3. The number of rotatable bonds is 7. The molecular weight excluding hydrogens is 386 g/mol. The number of urea groups is 1. The summed E-state index contributed by atoms with van der Waals surface area (Å²) in [5, 5.41) is 13.4. The number of benzene rings is 1. The average molecular weight is 403 g/mol. The summed E-state index contributed by atoms with van der Waals surface area (Å²) in [4.78, 5) is 38.2. The molecule has 0 aliphatic carbocycles. The monoisotopic (exact) mass is 403 g/mol. The van der Waals surface area contributed by atoms with Gasteiger partial charge in [0.15, 0.2) is 4.34 Å². The summed E-state index contributed by atoms with van der Waals surface area (Å²) in [6.07, 6.45) is 1.74. The number of carbonyl (C=O) groups excluding carboxylic acids is 3. The van der Waals surface area contributed by atoms with Gasteiger partial charge in [0.1, 0.15) is 12.1 Å². The smallest absolute Gasteiger partial charge is 0.319 e. The fraction of sp³-hybridized carbons (Fsp3) is 0.235. The van der Waals surface area contributed by atoms with Crippen LogP contribution in [0.1, 0.15) is 12.5 Å². The first-order valence-corrected chi connectivity index (χ1v) is 9.81. The molecule has 27 heavy (non-hydrogen) atoms. The Hall–Kier alpha value is -2.72. The minimum atomic E-state index is -1.20. The third-order valence-electron chi connectivity index (χ3n) is 3.91. The highest BCUT2D eigenvalue weighted by atomic mass is 32.2. The lowest BCUT2D eigenvalue weighted by Gasteiger charge is -2.21. The van der Waals surface area contributed by atoms with E-state index < -0.39 is 29.9 Å². The van der Waals surface area contributed by atoms with Crippen LogP contribution in [0.5, 0.6) is 0 Å². The summed E-state index contributed by atoms with van der Waals surface area (Å²) in [6, 6.07) is 8.29. The fourth-order valence-corrected chi connectivity index (χ4v) is 4.09. The van der Waals surface area contributed by atoms with Crippen molar-refractivity contribution in [3.05, 3.63) is 48.6 Å². The van der Waals surface area contributed by atoms with Crippen molar-refractivity contribution in [3.8, 4) is 0 Å². The summed E-state index contributed by atoms with van der Waals surface area (Å²) in [5.41, 5.74) is -0.546. The van der Waals surface area contributed by atoms with Gasteiger partial charge in [0.25, 0.3) is 5.91 Å². The Bertz CT molecular complexity index is 886. The van der Waals surface area contributed by atoms with Crippen LogP contribution in [0.4, 0.5) is 9.93 Å². The summed E-state index contributed by atoms with van der Waals surface area (Å²) < 4.78 is 0.692. The van der Waals surface area contributed by atoms with Gasteiger partial charge in [-0.15, -0.1) is 16.8 Å². The molecule has 1 atom stereocenters. The first-order valence-electron chi connectivity index (χ1n) is 8.00. The highest BCUT2D eigenvalue weighted by molar-refractivity contribution is 8.01. The van der Waals surface area contributed by atoms with Crippen molar-refractivity contribution in [1.82, 2.24) is 20.4 Å². The fourth-order valence-electron chi connectivity index (χ4n) is 2.56. The molecule has 0 saturated carbocycles. The Kier molecular flexibility index (Phi) is 5.57. The van der Waals surface area contributed by atoms with Crippen molar-refractivity contribution >= 4 is 46.1 Å². The van der Waals surface area contributed by atoms with E-state index in [-0.39, 0.29) is 0 Å². The molecule has 2 aromatic rings. The summed E-state index contributed by atoms with van der Waals surface area (Å²) in [6.45, 7) is 4.85. The second-order valence-electron chi connectivity index (χ2n) is 5.83. The molecule has 0 unspecified atom stereocenters. The van der Waals surface area contributed by atoms with E-state index >= 15 is 0 Å².